The number of amides is 2. The Kier molecular flexibility index (Phi) is 6.30. The molecular formula is C18H26ClN3O3. The van der Waals surface area contributed by atoms with Gasteiger partial charge in [0.2, 0.25) is 11.8 Å². The number of nitrogens with two attached hydrogens (primary N) is 1. The van der Waals surface area contributed by atoms with Gasteiger partial charge in [-0.2, -0.15) is 0 Å². The summed E-state index contributed by atoms with van der Waals surface area (Å²) in [6, 6.07) is 7.79. The zero-order valence-corrected chi connectivity index (χ0v) is 15.4. The third-order valence-corrected chi connectivity index (χ3v) is 4.92. The second-order valence-corrected chi connectivity index (χ2v) is 6.68. The lowest BCUT2D eigenvalue weighted by Gasteiger charge is -2.36. The largest absolute Gasteiger partial charge is 0.497 e. The van der Waals surface area contributed by atoms with E-state index in [0.29, 0.717) is 39.0 Å². The number of benzene rings is 1. The van der Waals surface area contributed by atoms with Crippen LogP contribution in [0.2, 0.25) is 0 Å². The lowest BCUT2D eigenvalue weighted by atomic mass is 10.1. The van der Waals surface area contributed by atoms with Crippen LogP contribution in [0.5, 0.6) is 5.75 Å². The molecule has 1 aliphatic heterocycles. The molecule has 1 heterocycles. The highest BCUT2D eigenvalue weighted by Crippen LogP contribution is 2.34. The number of hydrogen-bond donors (Lipinski definition) is 1. The Morgan fingerprint density at radius 1 is 1.08 bits per heavy atom. The summed E-state index contributed by atoms with van der Waals surface area (Å²) in [7, 11) is 1.64. The first-order chi connectivity index (χ1) is 11.5. The molecule has 138 valence electrons. The van der Waals surface area contributed by atoms with Crippen LogP contribution in [-0.2, 0) is 16.0 Å². The van der Waals surface area contributed by atoms with Gasteiger partial charge in [-0.15, -0.1) is 12.4 Å². The van der Waals surface area contributed by atoms with E-state index in [0.717, 1.165) is 24.2 Å². The van der Waals surface area contributed by atoms with Gasteiger partial charge < -0.3 is 20.3 Å². The minimum atomic E-state index is -0.611. The summed E-state index contributed by atoms with van der Waals surface area (Å²) >= 11 is 0. The Bertz CT molecular complexity index is 608. The van der Waals surface area contributed by atoms with Crippen molar-refractivity contribution >= 4 is 24.2 Å². The maximum atomic E-state index is 12.4. The minimum Gasteiger partial charge on any atom is -0.497 e. The summed E-state index contributed by atoms with van der Waals surface area (Å²) < 4.78 is 5.13. The van der Waals surface area contributed by atoms with Crippen LogP contribution in [0, 0.1) is 0 Å². The van der Waals surface area contributed by atoms with Crippen LogP contribution in [-0.4, -0.2) is 60.4 Å². The van der Waals surface area contributed by atoms with Gasteiger partial charge in [-0.1, -0.05) is 12.1 Å². The van der Waals surface area contributed by atoms with Crippen molar-refractivity contribution in [3.05, 3.63) is 29.8 Å². The van der Waals surface area contributed by atoms with Crippen LogP contribution < -0.4 is 10.5 Å². The third kappa shape index (κ3) is 4.64. The number of hydrogen-bond acceptors (Lipinski definition) is 4. The topological polar surface area (TPSA) is 75.9 Å². The Labute approximate surface area is 154 Å². The van der Waals surface area contributed by atoms with E-state index in [2.05, 4.69) is 0 Å². The van der Waals surface area contributed by atoms with E-state index >= 15 is 0 Å². The fourth-order valence-electron chi connectivity index (χ4n) is 3.02. The van der Waals surface area contributed by atoms with Crippen molar-refractivity contribution < 1.29 is 14.3 Å². The van der Waals surface area contributed by atoms with Crippen molar-refractivity contribution in [3.63, 3.8) is 0 Å². The lowest BCUT2D eigenvalue weighted by molar-refractivity contribution is -0.140. The molecule has 0 radical (unpaired) electrons. The van der Waals surface area contributed by atoms with Crippen molar-refractivity contribution in [2.75, 3.05) is 33.3 Å². The van der Waals surface area contributed by atoms with Crippen LogP contribution in [0.1, 0.15) is 24.8 Å². The highest BCUT2D eigenvalue weighted by molar-refractivity contribution is 5.89. The van der Waals surface area contributed by atoms with E-state index in [9.17, 15) is 9.59 Å². The molecule has 0 unspecified atom stereocenters. The molecule has 1 aliphatic carbocycles. The Morgan fingerprint density at radius 2 is 1.64 bits per heavy atom. The summed E-state index contributed by atoms with van der Waals surface area (Å²) in [5.74, 6) is 1.01. The van der Waals surface area contributed by atoms with Crippen molar-refractivity contribution in [2.45, 2.75) is 31.2 Å². The van der Waals surface area contributed by atoms with E-state index < -0.39 is 5.54 Å². The Balaban J connectivity index is 0.00000225. The number of nitrogens with zero attached hydrogens (tertiary/aromatic N) is 2. The van der Waals surface area contributed by atoms with Gasteiger partial charge in [0, 0.05) is 32.6 Å². The highest BCUT2D eigenvalue weighted by atomic mass is 35.5. The third-order valence-electron chi connectivity index (χ3n) is 4.92. The van der Waals surface area contributed by atoms with Gasteiger partial charge in [0.15, 0.2) is 0 Å². The van der Waals surface area contributed by atoms with Gasteiger partial charge in [-0.3, -0.25) is 9.59 Å². The first kappa shape index (κ1) is 19.5. The second kappa shape index (κ2) is 8.06. The average Bonchev–Trinajstić information content (AvgIpc) is 3.38. The van der Waals surface area contributed by atoms with Crippen molar-refractivity contribution in [2.24, 2.45) is 5.73 Å². The predicted octanol–water partition coefficient (Wildman–Crippen LogP) is 1.21. The molecule has 1 saturated carbocycles. The van der Waals surface area contributed by atoms with Crippen molar-refractivity contribution in [3.8, 4) is 5.75 Å². The molecule has 7 heteroatoms. The Morgan fingerprint density at radius 3 is 2.16 bits per heavy atom. The van der Waals surface area contributed by atoms with Gasteiger partial charge in [-0.05, 0) is 37.0 Å². The van der Waals surface area contributed by atoms with Gasteiger partial charge in [0.25, 0.3) is 0 Å². The van der Waals surface area contributed by atoms with E-state index in [-0.39, 0.29) is 24.2 Å². The monoisotopic (exact) mass is 367 g/mol. The quantitative estimate of drug-likeness (QED) is 0.848. The molecule has 2 aliphatic rings. The molecule has 1 saturated heterocycles. The SMILES string of the molecule is COc1ccc(CCC(=O)N2CCN(C(=O)C3(N)CC3)CC2)cc1.Cl. The second-order valence-electron chi connectivity index (χ2n) is 6.68. The van der Waals surface area contributed by atoms with Gasteiger partial charge in [0.05, 0.1) is 12.6 Å². The summed E-state index contributed by atoms with van der Waals surface area (Å²) in [5.41, 5.74) is 6.48. The molecular weight excluding hydrogens is 342 g/mol. The standard InChI is InChI=1S/C18H25N3O3.ClH/c1-24-15-5-2-14(3-6-15)4-7-16(22)20-10-12-21(13-11-20)17(23)18(19)8-9-18;/h2-3,5-6H,4,7-13,19H2,1H3;1H. The number of methoxy groups -OCH3 is 1. The number of halogens is 1. The number of ether oxygens (including phenoxy) is 1. The molecule has 0 spiro atoms. The molecule has 0 bridgehead atoms. The van der Waals surface area contributed by atoms with E-state index in [1.54, 1.807) is 12.0 Å². The molecule has 2 amide bonds. The number of piperazine rings is 1. The highest BCUT2D eigenvalue weighted by Gasteiger charge is 2.48. The van der Waals surface area contributed by atoms with Crippen LogP contribution in [0.3, 0.4) is 0 Å². The van der Waals surface area contributed by atoms with Crippen LogP contribution in [0.25, 0.3) is 0 Å². The van der Waals surface area contributed by atoms with E-state index in [4.69, 9.17) is 10.5 Å². The van der Waals surface area contributed by atoms with Crippen molar-refractivity contribution in [1.29, 1.82) is 0 Å². The minimum absolute atomic E-state index is 0. The number of carbonyl (C=O) groups excluding carboxylic acids is 2. The number of rotatable bonds is 5. The fraction of sp³-hybridized carbons (Fsp3) is 0.556. The molecule has 2 fully saturated rings. The molecule has 0 atom stereocenters. The zero-order chi connectivity index (χ0) is 17.2. The molecule has 6 nitrogen and oxygen atoms in total. The number of aryl methyl sites for hydroxylation is 1. The molecule has 1 aromatic rings. The molecule has 0 aromatic heterocycles. The first-order valence-corrected chi connectivity index (χ1v) is 8.51. The van der Waals surface area contributed by atoms with E-state index in [1.807, 2.05) is 29.2 Å². The first-order valence-electron chi connectivity index (χ1n) is 8.51. The summed E-state index contributed by atoms with van der Waals surface area (Å²) in [6.07, 6.45) is 2.77. The summed E-state index contributed by atoms with van der Waals surface area (Å²) in [6.45, 7) is 2.38. The average molecular weight is 368 g/mol. The zero-order valence-electron chi connectivity index (χ0n) is 14.6. The van der Waals surface area contributed by atoms with Crippen LogP contribution >= 0.6 is 12.4 Å². The molecule has 25 heavy (non-hydrogen) atoms. The fourth-order valence-corrected chi connectivity index (χ4v) is 3.02. The number of carbonyl (C=O) groups is 2. The van der Waals surface area contributed by atoms with Gasteiger partial charge in [-0.25, -0.2) is 0 Å². The van der Waals surface area contributed by atoms with Crippen LogP contribution in [0.15, 0.2) is 24.3 Å². The lowest BCUT2D eigenvalue weighted by Crippen LogP contribution is -2.55. The predicted molar refractivity (Wildman–Crippen MR) is 97.9 cm³/mol. The molecule has 1 aromatic carbocycles. The summed E-state index contributed by atoms with van der Waals surface area (Å²) in [5, 5.41) is 0. The maximum Gasteiger partial charge on any atom is 0.242 e. The normalized spacial score (nSPS) is 18.3. The van der Waals surface area contributed by atoms with Crippen molar-refractivity contribution in [1.82, 2.24) is 9.80 Å². The van der Waals surface area contributed by atoms with Gasteiger partial charge in [0.1, 0.15) is 5.75 Å². The van der Waals surface area contributed by atoms with Crippen LogP contribution in [0.4, 0.5) is 0 Å². The maximum absolute atomic E-state index is 12.4. The summed E-state index contributed by atoms with van der Waals surface area (Å²) in [4.78, 5) is 28.2. The smallest absolute Gasteiger partial charge is 0.242 e. The van der Waals surface area contributed by atoms with Gasteiger partial charge >= 0.3 is 0 Å². The molecule has 3 rings (SSSR count). The van der Waals surface area contributed by atoms with E-state index in [1.165, 1.54) is 0 Å². The molecule has 2 N–H and O–H groups in total. The Hall–Kier alpha value is -1.79.